The van der Waals surface area contributed by atoms with E-state index in [1.165, 1.54) is 11.1 Å². The van der Waals surface area contributed by atoms with Crippen molar-refractivity contribution >= 4 is 56.5 Å². The summed E-state index contributed by atoms with van der Waals surface area (Å²) in [6, 6.07) is 37.3. The van der Waals surface area contributed by atoms with Crippen LogP contribution in [0.15, 0.2) is 114 Å². The summed E-state index contributed by atoms with van der Waals surface area (Å²) < 4.78 is 53.6. The minimum absolute atomic E-state index is 0.142. The van der Waals surface area contributed by atoms with Gasteiger partial charge in [0.1, 0.15) is 21.6 Å². The minimum Gasteiger partial charge on any atom is -0.744 e. The molecule has 10 heteroatoms. The zero-order valence-corrected chi connectivity index (χ0v) is 45.6. The quantitative estimate of drug-likeness (QED) is 0.168. The second-order valence-corrected chi connectivity index (χ2v) is 23.1. The summed E-state index contributed by atoms with van der Waals surface area (Å²) in [5, 5.41) is 0. The van der Waals surface area contributed by atoms with Crippen LogP contribution in [0.5, 0.6) is 11.5 Å². The van der Waals surface area contributed by atoms with Crippen molar-refractivity contribution in [1.29, 1.82) is 0 Å². The van der Waals surface area contributed by atoms with E-state index in [2.05, 4.69) is 157 Å². The number of H-pyrrole nitrogens is 2. The summed E-state index contributed by atoms with van der Waals surface area (Å²) in [6.07, 6.45) is 10.0. The predicted molar refractivity (Wildman–Crippen MR) is 310 cm³/mol. The van der Waals surface area contributed by atoms with E-state index in [1.54, 1.807) is 0 Å². The highest BCUT2D eigenvalue weighted by atomic mass is 32.2. The van der Waals surface area contributed by atoms with Gasteiger partial charge in [-0.15, -0.1) is 0 Å². The van der Waals surface area contributed by atoms with E-state index in [1.807, 2.05) is 48.5 Å². The number of fused-ring (bicyclic) bond motifs is 6. The number of aryl methyl sites for hydroxylation is 8. The number of hydrogen-bond donors (Lipinski definition) is 2. The summed E-state index contributed by atoms with van der Waals surface area (Å²) in [5.41, 5.74) is 22.7. The van der Waals surface area contributed by atoms with Crippen LogP contribution in [0.3, 0.4) is 0 Å². The maximum Gasteiger partial charge on any atom is 0.127 e. The largest absolute Gasteiger partial charge is 0.744 e. The van der Waals surface area contributed by atoms with E-state index < -0.39 is 10.1 Å². The molecule has 12 rings (SSSR count). The molecule has 5 aromatic carbocycles. The lowest BCUT2D eigenvalue weighted by molar-refractivity contribution is 0.310. The van der Waals surface area contributed by atoms with Gasteiger partial charge in [0.2, 0.25) is 0 Å². The van der Waals surface area contributed by atoms with Crippen molar-refractivity contribution in [2.45, 2.75) is 98.3 Å². The van der Waals surface area contributed by atoms with Crippen LogP contribution in [0.2, 0.25) is 0 Å². The van der Waals surface area contributed by atoms with E-state index in [4.69, 9.17) is 19.4 Å². The molecule has 9 nitrogen and oxygen atoms in total. The average Bonchev–Trinajstić information content (AvgIpc) is 4.22. The maximum absolute atomic E-state index is 13.3. The molecule has 3 aromatic heterocycles. The molecule has 0 saturated carbocycles. The van der Waals surface area contributed by atoms with Crippen molar-refractivity contribution in [2.24, 2.45) is 0 Å². The lowest BCUT2D eigenvalue weighted by atomic mass is 9.84. The predicted octanol–water partition coefficient (Wildman–Crippen LogP) is 15.7. The number of aromatic amines is 2. The van der Waals surface area contributed by atoms with Gasteiger partial charge in [0, 0.05) is 55.4 Å². The molecule has 12 bridgehead atoms. The van der Waals surface area contributed by atoms with Gasteiger partial charge in [-0.1, -0.05) is 105 Å². The molecule has 0 radical (unpaired) electrons. The zero-order chi connectivity index (χ0) is 53.2. The number of rotatable bonds is 3. The third-order valence-electron chi connectivity index (χ3n) is 15.0. The van der Waals surface area contributed by atoms with E-state index in [9.17, 15) is 13.0 Å². The van der Waals surface area contributed by atoms with Crippen LogP contribution in [0.1, 0.15) is 106 Å². The molecule has 7 heterocycles. The lowest BCUT2D eigenvalue weighted by Gasteiger charge is -2.25. The van der Waals surface area contributed by atoms with Crippen LogP contribution in [-0.4, -0.2) is 46.1 Å². The number of nitrogens with zero attached hydrogens (tertiary/aromatic N) is 2. The molecule has 0 fully saturated rings. The molecule has 0 unspecified atom stereocenters. The first-order valence-corrected chi connectivity index (χ1v) is 27.7. The minimum atomic E-state index is -4.86. The Morgan fingerprint density at radius 1 is 0.487 bits per heavy atom. The number of benzene rings is 5. The topological polar surface area (TPSA) is 133 Å². The van der Waals surface area contributed by atoms with Gasteiger partial charge in [0.05, 0.1) is 40.9 Å². The highest BCUT2D eigenvalue weighted by molar-refractivity contribution is 7.85. The Hall–Kier alpha value is -7.79. The van der Waals surface area contributed by atoms with Gasteiger partial charge < -0.3 is 24.0 Å². The van der Waals surface area contributed by atoms with Crippen molar-refractivity contribution < 1.29 is 22.4 Å². The summed E-state index contributed by atoms with van der Waals surface area (Å²) in [7, 11) is -4.86. The molecule has 0 saturated heterocycles. The van der Waals surface area contributed by atoms with E-state index in [0.717, 1.165) is 117 Å². The molecule has 0 aliphatic carbocycles. The van der Waals surface area contributed by atoms with Crippen LogP contribution in [0, 0.1) is 41.5 Å². The number of ether oxygens (including phenoxy) is 2. The summed E-state index contributed by atoms with van der Waals surface area (Å²) >= 11 is 0. The highest BCUT2D eigenvalue weighted by Gasteiger charge is 2.26. The summed E-state index contributed by atoms with van der Waals surface area (Å²) in [4.78, 5) is 18.9. The summed E-state index contributed by atoms with van der Waals surface area (Å²) in [5.74, 6) is 1.29. The first-order valence-electron chi connectivity index (χ1n) is 26.3. The summed E-state index contributed by atoms with van der Waals surface area (Å²) in [6.45, 7) is 19.8. The molecule has 8 aromatic rings. The molecule has 4 aliphatic heterocycles. The van der Waals surface area contributed by atoms with Gasteiger partial charge in [-0.3, -0.25) is 0 Å². The van der Waals surface area contributed by atoms with Crippen LogP contribution >= 0.6 is 0 Å². The van der Waals surface area contributed by atoms with Gasteiger partial charge in [-0.25, -0.2) is 18.4 Å². The third-order valence-corrected chi connectivity index (χ3v) is 16.0. The van der Waals surface area contributed by atoms with Crippen LogP contribution in [0.25, 0.3) is 90.9 Å². The van der Waals surface area contributed by atoms with Crippen molar-refractivity contribution in [3.05, 3.63) is 182 Å². The Kier molecular flexibility index (Phi) is 13.1. The number of hydrogen-bond acceptors (Lipinski definition) is 7. The molecule has 0 amide bonds. The van der Waals surface area contributed by atoms with Crippen molar-refractivity contribution in [3.63, 3.8) is 0 Å². The monoisotopic (exact) mass is 1020 g/mol. The van der Waals surface area contributed by atoms with Gasteiger partial charge in [-0.2, -0.15) is 0 Å². The van der Waals surface area contributed by atoms with Gasteiger partial charge >= 0.3 is 0 Å². The van der Waals surface area contributed by atoms with E-state index in [-0.39, 0.29) is 23.5 Å². The second kappa shape index (κ2) is 19.7. The van der Waals surface area contributed by atoms with Crippen LogP contribution in [0.4, 0.5) is 0 Å². The third kappa shape index (κ3) is 9.49. The second-order valence-electron chi connectivity index (χ2n) is 21.8. The van der Waals surface area contributed by atoms with Gasteiger partial charge in [-0.05, 0) is 183 Å². The fraction of sp³-hybridized carbons (Fsp3) is 0.242. The van der Waals surface area contributed by atoms with Crippen molar-refractivity contribution in [2.75, 3.05) is 13.2 Å². The standard InChI is InChI=1S/C66H64N4O5S/c1-38-32-40(3)59(41(4)33-38)63-53-26-22-49(67-53)61-47-18-10-12-20-57(47)74-30-14-16-44-36-46(66(7,8)9)37-45(65(44)76(71,72)73)17-15-31-75-58-21-13-11-19-48(58)62(50-23-27-54(63)68-50)52-25-29-56(70-52)64(55-28-24-51(61)69-55)60-42(5)34-39(2)35-43(60)6/h10-13,18-29,32-37,67,70H,14-17,30-31H2,1-9H3,(H,71,72,73)/p-1. The smallest absolute Gasteiger partial charge is 0.127 e. The lowest BCUT2D eigenvalue weighted by Crippen LogP contribution is -2.17. The average molecular weight is 1020 g/mol. The Morgan fingerprint density at radius 2 is 0.842 bits per heavy atom. The first kappa shape index (κ1) is 50.4. The Bertz CT molecular complexity index is 3750. The number of para-hydroxylation sites is 2. The van der Waals surface area contributed by atoms with Gasteiger partial charge in [0.15, 0.2) is 0 Å². The molecule has 384 valence electrons. The number of aromatic nitrogens is 4. The fourth-order valence-corrected chi connectivity index (χ4v) is 12.8. The molecule has 0 spiro atoms. The SMILES string of the molecule is Cc1cc(C)c(-c2c3nc(c4c5ccc([nH]5)c(-c5c(C)cc(C)cc5C)c5nc(c(c6ccc2[nH]6)-c2ccccc2OCCCc2cc(C(C)(C)C)cc(c2S(=O)(=O)[O-])CCCOc2ccccc2-4)C=C5)C=C3)c(C)c1. The van der Waals surface area contributed by atoms with Gasteiger partial charge in [0.25, 0.3) is 0 Å². The van der Waals surface area contributed by atoms with E-state index in [0.29, 0.717) is 48.3 Å². The normalized spacial score (nSPS) is 13.8. The fourth-order valence-electron chi connectivity index (χ4n) is 11.8. The zero-order valence-electron chi connectivity index (χ0n) is 44.8. The molecular formula is C66H63N4O5S-. The number of nitrogens with one attached hydrogen (secondary N) is 2. The van der Waals surface area contributed by atoms with Crippen molar-refractivity contribution in [1.82, 2.24) is 19.9 Å². The molecule has 76 heavy (non-hydrogen) atoms. The first-order chi connectivity index (χ1) is 36.4. The maximum atomic E-state index is 13.3. The highest BCUT2D eigenvalue weighted by Crippen LogP contribution is 2.44. The Balaban J connectivity index is 1.27. The van der Waals surface area contributed by atoms with Crippen molar-refractivity contribution in [3.8, 4) is 56.0 Å². The molecule has 2 N–H and O–H groups in total. The van der Waals surface area contributed by atoms with Crippen LogP contribution in [-0.2, 0) is 28.4 Å². The molecule has 0 atom stereocenters. The van der Waals surface area contributed by atoms with Crippen LogP contribution < -0.4 is 9.47 Å². The van der Waals surface area contributed by atoms with E-state index >= 15 is 0 Å². The Labute approximate surface area is 446 Å². The molecule has 4 aliphatic rings. The molecular weight excluding hydrogens is 961 g/mol. The Morgan fingerprint density at radius 3 is 1.21 bits per heavy atom.